The largest absolute Gasteiger partial charge is 0.391 e. The van der Waals surface area contributed by atoms with Crippen LogP contribution < -0.4 is 37.6 Å². The highest BCUT2D eigenvalue weighted by molar-refractivity contribution is 7.99. The van der Waals surface area contributed by atoms with Gasteiger partial charge in [0.1, 0.15) is 29.5 Å². The first-order valence-corrected chi connectivity index (χ1v) is 25.7. The smallest absolute Gasteiger partial charge is 0.246 e. The number of halogens is 1. The number of carbonyl (C=O) groups excluding carboxylic acids is 5. The number of amides is 5. The van der Waals surface area contributed by atoms with Crippen LogP contribution in [0.3, 0.4) is 0 Å². The van der Waals surface area contributed by atoms with Crippen LogP contribution in [0.5, 0.6) is 0 Å². The van der Waals surface area contributed by atoms with E-state index < -0.39 is 47.2 Å². The molecule has 0 unspecified atom stereocenters. The van der Waals surface area contributed by atoms with E-state index in [0.29, 0.717) is 26.4 Å². The second-order valence-electron chi connectivity index (χ2n) is 19.2. The highest BCUT2D eigenvalue weighted by Gasteiger charge is 2.45. The summed E-state index contributed by atoms with van der Waals surface area (Å²) in [5, 5.41) is 22.6. The van der Waals surface area contributed by atoms with E-state index in [1.165, 1.54) is 16.7 Å². The molecular formula is C49H66ClN11O8S2. The summed E-state index contributed by atoms with van der Waals surface area (Å²) in [5.74, 6) is -1.21. The number of anilines is 3. The molecule has 2 fully saturated rings. The van der Waals surface area contributed by atoms with Crippen LogP contribution in [0.1, 0.15) is 84.0 Å². The zero-order valence-corrected chi connectivity index (χ0v) is 43.5. The first-order valence-electron chi connectivity index (χ1n) is 23.6. The van der Waals surface area contributed by atoms with Gasteiger partial charge in [0.15, 0.2) is 5.82 Å². The van der Waals surface area contributed by atoms with Crippen molar-refractivity contribution in [3.63, 3.8) is 0 Å². The number of likely N-dealkylation sites (tertiary alicyclic amines) is 1. The molecule has 0 radical (unpaired) electrons. The third kappa shape index (κ3) is 15.5. The minimum atomic E-state index is -1.02. The van der Waals surface area contributed by atoms with Gasteiger partial charge < -0.3 is 57.1 Å². The number of carbonyl (C=O) groups is 5. The Morgan fingerprint density at radius 3 is 2.37 bits per heavy atom. The molecule has 0 saturated carbocycles. The van der Waals surface area contributed by atoms with Crippen LogP contribution >= 0.6 is 34.7 Å². The first kappa shape index (κ1) is 54.9. The summed E-state index contributed by atoms with van der Waals surface area (Å²) in [7, 11) is 0. The molecule has 71 heavy (non-hydrogen) atoms. The molecule has 2 aliphatic heterocycles. The SMILES string of the molecule is Cc1ncsc1-c1ccc([C@H](C)NC(=O)[C@@H]2C[C@@H](O)CN2C(=O)[C@@H](NC(=O)COCCOCCNC(=O)CCC(=O)Nc2cccc(Sc3ncc(N4CCC(C)(N)CC4)nc3N)c2Cl)C(C)(C)C)cc1. The van der Waals surface area contributed by atoms with Crippen LogP contribution in [-0.4, -0.2) is 131 Å². The molecule has 19 nitrogen and oxygen atoms in total. The van der Waals surface area contributed by atoms with Crippen LogP contribution in [0.4, 0.5) is 17.3 Å². The van der Waals surface area contributed by atoms with Gasteiger partial charge in [0.25, 0.3) is 0 Å². The van der Waals surface area contributed by atoms with Gasteiger partial charge >= 0.3 is 0 Å². The van der Waals surface area contributed by atoms with Gasteiger partial charge in [0.05, 0.1) is 65.0 Å². The predicted molar refractivity (Wildman–Crippen MR) is 275 cm³/mol. The van der Waals surface area contributed by atoms with Gasteiger partial charge in [-0.15, -0.1) is 11.3 Å². The lowest BCUT2D eigenvalue weighted by Crippen LogP contribution is -2.58. The molecule has 2 saturated heterocycles. The van der Waals surface area contributed by atoms with Crippen LogP contribution in [0, 0.1) is 12.3 Å². The third-order valence-electron chi connectivity index (χ3n) is 12.2. The quantitative estimate of drug-likeness (QED) is 0.0550. The number of aryl methyl sites for hydroxylation is 1. The number of aliphatic hydroxyl groups excluding tert-OH is 1. The van der Waals surface area contributed by atoms with E-state index in [2.05, 4.69) is 41.1 Å². The normalized spacial score (nSPS) is 17.6. The Hall–Kier alpha value is -5.42. The number of β-amino-alcohol motifs (C(OH)–C–C–N with tert-alkyl or cyclic N) is 1. The fraction of sp³-hybridized carbons (Fsp3) is 0.510. The minimum absolute atomic E-state index is 0.0509. The van der Waals surface area contributed by atoms with Crippen molar-refractivity contribution in [3.05, 3.63) is 70.5 Å². The number of benzene rings is 2. The summed E-state index contributed by atoms with van der Waals surface area (Å²) >= 11 is 9.46. The average Bonchev–Trinajstić information content (AvgIpc) is 3.94. The van der Waals surface area contributed by atoms with Gasteiger partial charge in [-0.25, -0.2) is 15.0 Å². The Kier molecular flexibility index (Phi) is 19.2. The summed E-state index contributed by atoms with van der Waals surface area (Å²) in [4.78, 5) is 84.5. The second kappa shape index (κ2) is 24.8. The first-order chi connectivity index (χ1) is 33.7. The molecule has 0 spiro atoms. The number of hydrogen-bond donors (Lipinski definition) is 7. The Labute approximate surface area is 427 Å². The Bertz CT molecular complexity index is 2500. The van der Waals surface area contributed by atoms with E-state index in [9.17, 15) is 29.1 Å². The van der Waals surface area contributed by atoms with Crippen molar-refractivity contribution in [2.75, 3.05) is 68.6 Å². The highest BCUT2D eigenvalue weighted by Crippen LogP contribution is 2.39. The molecule has 0 aliphatic carbocycles. The number of aromatic nitrogens is 3. The molecule has 4 aromatic rings. The lowest BCUT2D eigenvalue weighted by Gasteiger charge is -2.37. The Morgan fingerprint density at radius 1 is 0.986 bits per heavy atom. The van der Waals surface area contributed by atoms with Crippen molar-refractivity contribution in [1.82, 2.24) is 35.8 Å². The molecule has 5 amide bonds. The maximum absolute atomic E-state index is 14.0. The topological polar surface area (TPSA) is 269 Å². The Morgan fingerprint density at radius 2 is 1.69 bits per heavy atom. The van der Waals surface area contributed by atoms with E-state index in [4.69, 9.17) is 32.5 Å². The van der Waals surface area contributed by atoms with E-state index in [-0.39, 0.29) is 82.1 Å². The Balaban J connectivity index is 0.856. The molecule has 22 heteroatoms. The standard InChI is InChI=1S/C49H66ClN11O8S2/c1-29(31-10-12-32(13-11-31)42-30(2)55-28-70-42)56-45(66)35-24-33(62)26-61(35)47(67)43(48(3,4)5)59-40(65)27-69-23-22-68-21-18-53-38(63)14-15-39(64)57-34-8-7-9-36(41(34)50)71-46-44(51)58-37(25-54-46)60-19-16-49(6,52)17-20-60/h7-13,25,28-29,33,35,43,62H,14-24,26-27,52H2,1-6H3,(H2,51,58)(H,53,63)(H,56,66)(H,57,64)(H,59,65)/t29-,33+,35-,43+/m0/s1. The van der Waals surface area contributed by atoms with Crippen molar-refractivity contribution in [2.24, 2.45) is 11.1 Å². The molecule has 4 heterocycles. The molecule has 384 valence electrons. The third-order valence-corrected chi connectivity index (χ3v) is 14.8. The van der Waals surface area contributed by atoms with Gasteiger partial charge in [-0.05, 0) is 62.3 Å². The van der Waals surface area contributed by atoms with Crippen molar-refractivity contribution in [1.29, 1.82) is 0 Å². The number of rotatable bonds is 21. The van der Waals surface area contributed by atoms with Crippen LogP contribution in [-0.2, 0) is 33.4 Å². The zero-order valence-electron chi connectivity index (χ0n) is 41.1. The molecular weight excluding hydrogens is 970 g/mol. The zero-order chi connectivity index (χ0) is 51.5. The summed E-state index contributed by atoms with van der Waals surface area (Å²) in [6.07, 6.45) is 2.36. The monoisotopic (exact) mass is 1040 g/mol. The lowest BCUT2D eigenvalue weighted by molar-refractivity contribution is -0.144. The fourth-order valence-electron chi connectivity index (χ4n) is 8.04. The average molecular weight is 1040 g/mol. The number of ether oxygens (including phenoxy) is 2. The number of piperidine rings is 1. The molecule has 6 rings (SSSR count). The van der Waals surface area contributed by atoms with Crippen molar-refractivity contribution in [2.45, 2.75) is 113 Å². The number of thiazole rings is 1. The lowest BCUT2D eigenvalue weighted by atomic mass is 9.85. The second-order valence-corrected chi connectivity index (χ2v) is 21.5. The summed E-state index contributed by atoms with van der Waals surface area (Å²) in [5.41, 5.74) is 16.7. The van der Waals surface area contributed by atoms with Gasteiger partial charge in [-0.1, -0.05) is 74.5 Å². The van der Waals surface area contributed by atoms with E-state index in [0.717, 1.165) is 47.6 Å². The maximum atomic E-state index is 14.0. The van der Waals surface area contributed by atoms with Gasteiger partial charge in [-0.3, -0.25) is 24.0 Å². The summed E-state index contributed by atoms with van der Waals surface area (Å²) in [6.45, 7) is 12.9. The molecule has 2 aromatic heterocycles. The number of aliphatic hydroxyl groups is 1. The highest BCUT2D eigenvalue weighted by atomic mass is 35.5. The number of nitrogens with one attached hydrogen (secondary N) is 4. The van der Waals surface area contributed by atoms with Crippen LogP contribution in [0.2, 0.25) is 5.02 Å². The fourth-order valence-corrected chi connectivity index (χ4v) is 9.95. The van der Waals surface area contributed by atoms with Gasteiger partial charge in [0, 0.05) is 55.9 Å². The van der Waals surface area contributed by atoms with Crippen LogP contribution in [0.25, 0.3) is 10.4 Å². The van der Waals surface area contributed by atoms with E-state index >= 15 is 0 Å². The van der Waals surface area contributed by atoms with Crippen molar-refractivity contribution >= 4 is 81.6 Å². The van der Waals surface area contributed by atoms with E-state index in [1.54, 1.807) is 62.0 Å². The number of hydrogen-bond acceptors (Lipinski definition) is 16. The molecule has 4 atom stereocenters. The van der Waals surface area contributed by atoms with Crippen molar-refractivity contribution in [3.8, 4) is 10.4 Å². The number of nitrogens with zero attached hydrogens (tertiary/aromatic N) is 5. The molecule has 2 aromatic carbocycles. The predicted octanol–water partition coefficient (Wildman–Crippen LogP) is 4.85. The summed E-state index contributed by atoms with van der Waals surface area (Å²) in [6, 6.07) is 10.7. The molecule has 9 N–H and O–H groups in total. The maximum Gasteiger partial charge on any atom is 0.246 e. The van der Waals surface area contributed by atoms with E-state index in [1.807, 2.05) is 45.0 Å². The van der Waals surface area contributed by atoms with Crippen LogP contribution in [0.15, 0.2) is 64.1 Å². The van der Waals surface area contributed by atoms with Crippen molar-refractivity contribution < 1.29 is 38.6 Å². The molecule has 2 aliphatic rings. The number of nitrogen functional groups attached to an aromatic ring is 1. The van der Waals surface area contributed by atoms with Gasteiger partial charge in [-0.2, -0.15) is 0 Å². The minimum Gasteiger partial charge on any atom is -0.391 e. The number of nitrogens with two attached hydrogens (primary N) is 2. The molecule has 0 bridgehead atoms. The van der Waals surface area contributed by atoms with Gasteiger partial charge in [0.2, 0.25) is 29.5 Å². The summed E-state index contributed by atoms with van der Waals surface area (Å²) < 4.78 is 11.0.